The Morgan fingerprint density at radius 3 is 2.28 bits per heavy atom. The zero-order valence-corrected chi connectivity index (χ0v) is 12.7. The van der Waals surface area contributed by atoms with E-state index < -0.39 is 0 Å². The Kier molecular flexibility index (Phi) is 4.00. The number of halogens is 1. The highest BCUT2D eigenvalue weighted by Gasteiger charge is 2.29. The predicted octanol–water partition coefficient (Wildman–Crippen LogP) is 4.37. The van der Waals surface area contributed by atoms with Gasteiger partial charge >= 0.3 is 0 Å². The van der Waals surface area contributed by atoms with Crippen LogP contribution in [0.15, 0.2) is 0 Å². The summed E-state index contributed by atoms with van der Waals surface area (Å²) >= 11 is 6.24. The molecule has 0 unspecified atom stereocenters. The first-order valence-electron chi connectivity index (χ1n) is 7.04. The topological polar surface area (TPSA) is 30.7 Å². The van der Waals surface area contributed by atoms with E-state index in [0.29, 0.717) is 11.3 Å². The van der Waals surface area contributed by atoms with Crippen LogP contribution in [-0.2, 0) is 5.41 Å². The summed E-state index contributed by atoms with van der Waals surface area (Å²) in [7, 11) is 0. The van der Waals surface area contributed by atoms with Gasteiger partial charge in [0.1, 0.15) is 5.82 Å². The van der Waals surface area contributed by atoms with E-state index in [1.54, 1.807) is 0 Å². The maximum atomic E-state index is 6.24. The van der Waals surface area contributed by atoms with Gasteiger partial charge in [0.05, 0.1) is 0 Å². The molecule has 1 aromatic heterocycles. The highest BCUT2D eigenvalue weighted by Crippen LogP contribution is 2.37. The van der Waals surface area contributed by atoms with E-state index in [0.717, 1.165) is 11.7 Å². The third-order valence-electron chi connectivity index (χ3n) is 4.08. The van der Waals surface area contributed by atoms with Gasteiger partial charge in [0, 0.05) is 11.5 Å². The molecule has 0 saturated heterocycles. The van der Waals surface area contributed by atoms with Gasteiger partial charge in [-0.1, -0.05) is 34.1 Å². The lowest BCUT2D eigenvalue weighted by molar-refractivity contribution is 0.260. The van der Waals surface area contributed by atoms with Crippen LogP contribution in [0, 0.1) is 5.92 Å². The monoisotopic (exact) mass is 269 g/mol. The second-order valence-electron chi connectivity index (χ2n) is 6.50. The van der Waals surface area contributed by atoms with Crippen molar-refractivity contribution in [1.82, 2.24) is 14.8 Å². The molecule has 0 spiro atoms. The Bertz CT molecular complexity index is 398. The number of rotatable bonds is 2. The van der Waals surface area contributed by atoms with Gasteiger partial charge in [-0.2, -0.15) is 0 Å². The Balaban J connectivity index is 2.21. The van der Waals surface area contributed by atoms with Gasteiger partial charge < -0.3 is 0 Å². The molecule has 0 N–H and O–H groups in total. The molecule has 0 amide bonds. The molecule has 0 aromatic carbocycles. The molecule has 18 heavy (non-hydrogen) atoms. The molecule has 0 bridgehead atoms. The summed E-state index contributed by atoms with van der Waals surface area (Å²) in [6, 6.07) is 0.490. The van der Waals surface area contributed by atoms with E-state index in [4.69, 9.17) is 11.6 Å². The molecule has 1 aromatic rings. The average Bonchev–Trinajstić information content (AvgIpc) is 2.71. The van der Waals surface area contributed by atoms with Crippen LogP contribution in [0.25, 0.3) is 0 Å². The van der Waals surface area contributed by atoms with Crippen LogP contribution in [0.2, 0.25) is 5.28 Å². The maximum absolute atomic E-state index is 6.24. The predicted molar refractivity (Wildman–Crippen MR) is 75.0 cm³/mol. The molecule has 2 rings (SSSR count). The molecule has 0 atom stereocenters. The quantitative estimate of drug-likeness (QED) is 0.798. The first-order valence-corrected chi connectivity index (χ1v) is 7.42. The largest absolute Gasteiger partial charge is 0.298 e. The van der Waals surface area contributed by atoms with Crippen molar-refractivity contribution in [3.05, 3.63) is 11.1 Å². The summed E-state index contributed by atoms with van der Waals surface area (Å²) in [5, 5.41) is 8.91. The summed E-state index contributed by atoms with van der Waals surface area (Å²) in [6.45, 7) is 8.79. The molecule has 1 fully saturated rings. The number of hydrogen-bond acceptors (Lipinski definition) is 2. The molecule has 1 aliphatic rings. The fraction of sp³-hybridized carbons (Fsp3) is 0.857. The highest BCUT2D eigenvalue weighted by atomic mass is 35.5. The van der Waals surface area contributed by atoms with Crippen molar-refractivity contribution in [3.8, 4) is 0 Å². The van der Waals surface area contributed by atoms with Crippen LogP contribution in [0.3, 0.4) is 0 Å². The average molecular weight is 270 g/mol. The van der Waals surface area contributed by atoms with Crippen LogP contribution in [0.1, 0.15) is 71.7 Å². The minimum Gasteiger partial charge on any atom is -0.298 e. The molecule has 1 saturated carbocycles. The lowest BCUT2D eigenvalue weighted by Crippen LogP contribution is -2.25. The highest BCUT2D eigenvalue weighted by molar-refractivity contribution is 6.28. The van der Waals surface area contributed by atoms with Crippen LogP contribution in [-0.4, -0.2) is 14.8 Å². The number of aromatic nitrogens is 3. The Morgan fingerprint density at radius 1 is 1.17 bits per heavy atom. The molecule has 1 aliphatic carbocycles. The summed E-state index contributed by atoms with van der Waals surface area (Å²) in [6.07, 6.45) is 6.33. The Labute approximate surface area is 115 Å². The van der Waals surface area contributed by atoms with E-state index in [1.165, 1.54) is 32.1 Å². The minimum atomic E-state index is 0.00173. The fourth-order valence-electron chi connectivity index (χ4n) is 2.92. The van der Waals surface area contributed by atoms with Crippen molar-refractivity contribution in [2.75, 3.05) is 0 Å². The van der Waals surface area contributed by atoms with Crippen LogP contribution in [0.4, 0.5) is 0 Å². The Hall–Kier alpha value is -0.570. The second-order valence-corrected chi connectivity index (χ2v) is 6.83. The fourth-order valence-corrected chi connectivity index (χ4v) is 3.17. The van der Waals surface area contributed by atoms with Crippen molar-refractivity contribution in [2.24, 2.45) is 5.92 Å². The second kappa shape index (κ2) is 5.20. The maximum Gasteiger partial charge on any atom is 0.225 e. The standard InChI is InChI=1S/C14H24ClN3/c1-5-10-6-8-11(9-7-10)18-12(14(2,3)4)16-17-13(18)15/h10-11H,5-9H2,1-4H3. The van der Waals surface area contributed by atoms with Crippen molar-refractivity contribution in [3.63, 3.8) is 0 Å². The first kappa shape index (κ1) is 13.9. The van der Waals surface area contributed by atoms with Crippen molar-refractivity contribution in [1.29, 1.82) is 0 Å². The summed E-state index contributed by atoms with van der Waals surface area (Å²) in [5.41, 5.74) is 0.00173. The molecule has 0 radical (unpaired) electrons. The summed E-state index contributed by atoms with van der Waals surface area (Å²) < 4.78 is 2.17. The number of hydrogen-bond donors (Lipinski definition) is 0. The van der Waals surface area contributed by atoms with Gasteiger partial charge in [-0.3, -0.25) is 4.57 Å². The van der Waals surface area contributed by atoms with E-state index >= 15 is 0 Å². The van der Waals surface area contributed by atoms with E-state index in [9.17, 15) is 0 Å². The third kappa shape index (κ3) is 2.71. The van der Waals surface area contributed by atoms with Crippen LogP contribution < -0.4 is 0 Å². The molecule has 4 heteroatoms. The summed E-state index contributed by atoms with van der Waals surface area (Å²) in [4.78, 5) is 0. The van der Waals surface area contributed by atoms with E-state index in [-0.39, 0.29) is 5.41 Å². The van der Waals surface area contributed by atoms with E-state index in [2.05, 4.69) is 42.5 Å². The van der Waals surface area contributed by atoms with Crippen LogP contribution >= 0.6 is 11.6 Å². The SMILES string of the molecule is CCC1CCC(n2c(Cl)nnc2C(C)(C)C)CC1. The smallest absolute Gasteiger partial charge is 0.225 e. The molecule has 1 heterocycles. The van der Waals surface area contributed by atoms with Gasteiger partial charge in [-0.05, 0) is 43.2 Å². The molecule has 3 nitrogen and oxygen atoms in total. The molecule has 0 aliphatic heterocycles. The molecular formula is C14H24ClN3. The first-order chi connectivity index (χ1) is 8.43. The molecule has 102 valence electrons. The molecular weight excluding hydrogens is 246 g/mol. The van der Waals surface area contributed by atoms with E-state index in [1.807, 2.05) is 0 Å². The minimum absolute atomic E-state index is 0.00173. The lowest BCUT2D eigenvalue weighted by atomic mass is 9.84. The Morgan fingerprint density at radius 2 is 1.78 bits per heavy atom. The van der Waals surface area contributed by atoms with Gasteiger partial charge in [-0.15, -0.1) is 10.2 Å². The third-order valence-corrected chi connectivity index (χ3v) is 4.34. The van der Waals surface area contributed by atoms with Gasteiger partial charge in [-0.25, -0.2) is 0 Å². The normalized spacial score (nSPS) is 25.4. The van der Waals surface area contributed by atoms with Crippen molar-refractivity contribution >= 4 is 11.6 Å². The number of nitrogens with zero attached hydrogens (tertiary/aromatic N) is 3. The summed E-state index contributed by atoms with van der Waals surface area (Å²) in [5.74, 6) is 1.92. The zero-order valence-electron chi connectivity index (χ0n) is 11.9. The van der Waals surface area contributed by atoms with Gasteiger partial charge in [0.15, 0.2) is 0 Å². The van der Waals surface area contributed by atoms with Crippen molar-refractivity contribution in [2.45, 2.75) is 71.3 Å². The lowest BCUT2D eigenvalue weighted by Gasteiger charge is -2.31. The van der Waals surface area contributed by atoms with Gasteiger partial charge in [0.2, 0.25) is 5.28 Å². The van der Waals surface area contributed by atoms with Crippen LogP contribution in [0.5, 0.6) is 0 Å². The zero-order chi connectivity index (χ0) is 13.3. The van der Waals surface area contributed by atoms with Gasteiger partial charge in [0.25, 0.3) is 0 Å². The van der Waals surface area contributed by atoms with Crippen molar-refractivity contribution < 1.29 is 0 Å².